The Bertz CT molecular complexity index is 986. The minimum absolute atomic E-state index is 0.0151. The Morgan fingerprint density at radius 1 is 1.03 bits per heavy atom. The van der Waals surface area contributed by atoms with Gasteiger partial charge in [-0.15, -0.1) is 0 Å². The van der Waals surface area contributed by atoms with Crippen LogP contribution in [0.1, 0.15) is 34.6 Å². The van der Waals surface area contributed by atoms with Crippen LogP contribution in [0.3, 0.4) is 0 Å². The van der Waals surface area contributed by atoms with E-state index >= 15 is 0 Å². The van der Waals surface area contributed by atoms with E-state index < -0.39 is 11.9 Å². The second kappa shape index (κ2) is 10.6. The highest BCUT2D eigenvalue weighted by atomic mass is 16.5. The molecular weight excluding hydrogens is 412 g/mol. The molecule has 9 nitrogen and oxygen atoms in total. The lowest BCUT2D eigenvalue weighted by Crippen LogP contribution is -2.36. The molecule has 9 heteroatoms. The number of esters is 1. The summed E-state index contributed by atoms with van der Waals surface area (Å²) in [6.45, 7) is 6.38. The fourth-order valence-corrected chi connectivity index (χ4v) is 3.30. The molecule has 0 aromatic heterocycles. The van der Waals surface area contributed by atoms with Crippen LogP contribution in [-0.2, 0) is 9.47 Å². The van der Waals surface area contributed by atoms with Gasteiger partial charge in [-0.25, -0.2) is 9.59 Å². The van der Waals surface area contributed by atoms with Gasteiger partial charge in [-0.2, -0.15) is 0 Å². The quantitative estimate of drug-likeness (QED) is 0.596. The first-order valence-electron chi connectivity index (χ1n) is 10.4. The number of nitrogens with zero attached hydrogens (tertiary/aromatic N) is 1. The van der Waals surface area contributed by atoms with Crippen LogP contribution in [0.5, 0.6) is 0 Å². The highest BCUT2D eigenvalue weighted by Gasteiger charge is 2.19. The smallest absolute Gasteiger partial charge is 0.340 e. The Balaban J connectivity index is 1.78. The van der Waals surface area contributed by atoms with Gasteiger partial charge in [0.2, 0.25) is 0 Å². The number of carbonyl (C=O) groups is 3. The van der Waals surface area contributed by atoms with Gasteiger partial charge >= 0.3 is 12.0 Å². The van der Waals surface area contributed by atoms with Crippen molar-refractivity contribution in [1.82, 2.24) is 5.32 Å². The molecule has 2 aromatic carbocycles. The van der Waals surface area contributed by atoms with E-state index in [1.165, 1.54) is 7.11 Å². The Labute approximate surface area is 187 Å². The Kier molecular flexibility index (Phi) is 7.67. The fraction of sp³-hybridized carbons (Fsp3) is 0.348. The molecule has 1 saturated heterocycles. The third-order valence-corrected chi connectivity index (χ3v) is 4.84. The number of benzene rings is 2. The van der Waals surface area contributed by atoms with Crippen LogP contribution in [-0.4, -0.2) is 57.4 Å². The Morgan fingerprint density at radius 3 is 2.47 bits per heavy atom. The van der Waals surface area contributed by atoms with Crippen molar-refractivity contribution in [2.24, 2.45) is 0 Å². The molecule has 1 heterocycles. The van der Waals surface area contributed by atoms with Gasteiger partial charge in [0, 0.05) is 36.1 Å². The maximum absolute atomic E-state index is 12.9. The average molecular weight is 441 g/mol. The number of amides is 3. The highest BCUT2D eigenvalue weighted by molar-refractivity contribution is 6.09. The molecule has 3 N–H and O–H groups in total. The van der Waals surface area contributed by atoms with Crippen molar-refractivity contribution in [3.63, 3.8) is 0 Å². The predicted octanol–water partition coefficient (Wildman–Crippen LogP) is 3.09. The summed E-state index contributed by atoms with van der Waals surface area (Å²) < 4.78 is 10.3. The van der Waals surface area contributed by atoms with Gasteiger partial charge < -0.3 is 30.3 Å². The summed E-state index contributed by atoms with van der Waals surface area (Å²) in [6.07, 6.45) is 0. The number of anilines is 3. The normalized spacial score (nSPS) is 13.4. The molecule has 3 rings (SSSR count). The number of nitrogens with one attached hydrogen (secondary N) is 3. The fourth-order valence-electron chi connectivity index (χ4n) is 3.30. The zero-order valence-corrected chi connectivity index (χ0v) is 18.4. The van der Waals surface area contributed by atoms with E-state index in [9.17, 15) is 14.4 Å². The van der Waals surface area contributed by atoms with E-state index in [-0.39, 0.29) is 17.6 Å². The van der Waals surface area contributed by atoms with Crippen molar-refractivity contribution in [1.29, 1.82) is 0 Å². The number of ether oxygens (including phenoxy) is 2. The standard InChI is InChI=1S/C23H28N4O5/c1-15(2)24-23(30)25-17-6-4-5-16(13-17)21(28)26-20-8-7-18(14-19(20)22(29)31-3)27-9-11-32-12-10-27/h4-8,13-15H,9-12H2,1-3H3,(H,26,28)(H2,24,25,30). The van der Waals surface area contributed by atoms with Crippen molar-refractivity contribution in [2.75, 3.05) is 48.9 Å². The monoisotopic (exact) mass is 440 g/mol. The van der Waals surface area contributed by atoms with E-state index in [1.807, 2.05) is 19.9 Å². The van der Waals surface area contributed by atoms with Gasteiger partial charge in [0.25, 0.3) is 5.91 Å². The molecule has 32 heavy (non-hydrogen) atoms. The van der Waals surface area contributed by atoms with Gasteiger partial charge in [-0.3, -0.25) is 4.79 Å². The SMILES string of the molecule is COC(=O)c1cc(N2CCOCC2)ccc1NC(=O)c1cccc(NC(=O)NC(C)C)c1. The first-order valence-corrected chi connectivity index (χ1v) is 10.4. The van der Waals surface area contributed by atoms with Crippen LogP contribution in [0.2, 0.25) is 0 Å². The lowest BCUT2D eigenvalue weighted by molar-refractivity contribution is 0.0602. The summed E-state index contributed by atoms with van der Waals surface area (Å²) in [5.74, 6) is -0.960. The molecule has 0 radical (unpaired) electrons. The minimum atomic E-state index is -0.545. The third kappa shape index (κ3) is 5.98. The molecule has 1 fully saturated rings. The van der Waals surface area contributed by atoms with Gasteiger partial charge in [0.15, 0.2) is 0 Å². The van der Waals surface area contributed by atoms with Crippen LogP contribution in [0, 0.1) is 0 Å². The van der Waals surface area contributed by atoms with Crippen LogP contribution in [0.25, 0.3) is 0 Å². The molecule has 0 spiro atoms. The Morgan fingerprint density at radius 2 is 1.78 bits per heavy atom. The van der Waals surface area contributed by atoms with E-state index in [0.29, 0.717) is 30.2 Å². The summed E-state index contributed by atoms with van der Waals surface area (Å²) in [7, 11) is 1.30. The summed E-state index contributed by atoms with van der Waals surface area (Å²) in [5.41, 5.74) is 2.27. The number of hydrogen-bond acceptors (Lipinski definition) is 6. The van der Waals surface area contributed by atoms with Gasteiger partial charge in [-0.1, -0.05) is 6.07 Å². The maximum Gasteiger partial charge on any atom is 0.340 e. The Hall–Kier alpha value is -3.59. The number of urea groups is 1. The molecule has 1 aliphatic rings. The predicted molar refractivity (Wildman–Crippen MR) is 122 cm³/mol. The molecule has 170 valence electrons. The molecule has 0 bridgehead atoms. The van der Waals surface area contributed by atoms with Crippen molar-refractivity contribution >= 4 is 35.0 Å². The van der Waals surface area contributed by atoms with E-state index in [2.05, 4.69) is 20.9 Å². The molecule has 0 atom stereocenters. The zero-order chi connectivity index (χ0) is 23.1. The second-order valence-electron chi connectivity index (χ2n) is 7.61. The zero-order valence-electron chi connectivity index (χ0n) is 18.4. The summed E-state index contributed by atoms with van der Waals surface area (Å²) >= 11 is 0. The van der Waals surface area contributed by atoms with Crippen LogP contribution in [0.15, 0.2) is 42.5 Å². The van der Waals surface area contributed by atoms with Crippen molar-refractivity contribution in [3.05, 3.63) is 53.6 Å². The minimum Gasteiger partial charge on any atom is -0.465 e. The molecule has 0 unspecified atom stereocenters. The molecule has 0 aliphatic carbocycles. The third-order valence-electron chi connectivity index (χ3n) is 4.84. The average Bonchev–Trinajstić information content (AvgIpc) is 2.79. The van der Waals surface area contributed by atoms with E-state index in [1.54, 1.807) is 36.4 Å². The van der Waals surface area contributed by atoms with Crippen LogP contribution < -0.4 is 20.9 Å². The highest BCUT2D eigenvalue weighted by Crippen LogP contribution is 2.26. The summed E-state index contributed by atoms with van der Waals surface area (Å²) in [6, 6.07) is 11.4. The van der Waals surface area contributed by atoms with Gasteiger partial charge in [-0.05, 0) is 50.2 Å². The maximum atomic E-state index is 12.9. The number of carbonyl (C=O) groups excluding carboxylic acids is 3. The van der Waals surface area contributed by atoms with Gasteiger partial charge in [0.1, 0.15) is 0 Å². The van der Waals surface area contributed by atoms with Crippen molar-refractivity contribution < 1.29 is 23.9 Å². The summed E-state index contributed by atoms with van der Waals surface area (Å²) in [5, 5.41) is 8.19. The first-order chi connectivity index (χ1) is 15.4. The number of methoxy groups -OCH3 is 1. The second-order valence-corrected chi connectivity index (χ2v) is 7.61. The molecule has 2 aromatic rings. The molecule has 3 amide bonds. The van der Waals surface area contributed by atoms with Crippen molar-refractivity contribution in [3.8, 4) is 0 Å². The number of hydrogen-bond donors (Lipinski definition) is 3. The lowest BCUT2D eigenvalue weighted by Gasteiger charge is -2.29. The largest absolute Gasteiger partial charge is 0.465 e. The van der Waals surface area contributed by atoms with E-state index in [0.717, 1.165) is 18.8 Å². The van der Waals surface area contributed by atoms with E-state index in [4.69, 9.17) is 9.47 Å². The lowest BCUT2D eigenvalue weighted by atomic mass is 10.1. The molecule has 1 aliphatic heterocycles. The number of rotatable bonds is 6. The summed E-state index contributed by atoms with van der Waals surface area (Å²) in [4.78, 5) is 39.3. The van der Waals surface area contributed by atoms with Gasteiger partial charge in [0.05, 0.1) is 31.6 Å². The topological polar surface area (TPSA) is 109 Å². The van der Waals surface area contributed by atoms with Crippen LogP contribution >= 0.6 is 0 Å². The molecule has 0 saturated carbocycles. The first kappa shape index (κ1) is 23.1. The van der Waals surface area contributed by atoms with Crippen LogP contribution in [0.4, 0.5) is 21.9 Å². The van der Waals surface area contributed by atoms with Crippen molar-refractivity contribution in [2.45, 2.75) is 19.9 Å². The molecular formula is C23H28N4O5. The number of morpholine rings is 1.